The van der Waals surface area contributed by atoms with Gasteiger partial charge in [0.05, 0.1) is 24.8 Å². The first kappa shape index (κ1) is 15.9. The van der Waals surface area contributed by atoms with Gasteiger partial charge in [-0.05, 0) is 23.6 Å². The first-order valence-electron chi connectivity index (χ1n) is 7.71. The Morgan fingerprint density at radius 3 is 2.91 bits per heavy atom. The summed E-state index contributed by atoms with van der Waals surface area (Å²) in [5, 5.41) is 11.4. The molecule has 1 aliphatic rings. The van der Waals surface area contributed by atoms with Crippen LogP contribution in [0.1, 0.15) is 16.5 Å². The number of morpholine rings is 1. The first-order valence-corrected chi connectivity index (χ1v) is 8.59. The zero-order valence-electron chi connectivity index (χ0n) is 13.2. The van der Waals surface area contributed by atoms with E-state index in [1.807, 2.05) is 13.1 Å². The molecule has 1 fully saturated rings. The average molecular weight is 328 g/mol. The van der Waals surface area contributed by atoms with Crippen molar-refractivity contribution in [3.05, 3.63) is 46.3 Å². The van der Waals surface area contributed by atoms with E-state index in [1.165, 1.54) is 4.88 Å². The van der Waals surface area contributed by atoms with Crippen molar-refractivity contribution in [2.24, 2.45) is 0 Å². The van der Waals surface area contributed by atoms with E-state index in [0.717, 1.165) is 38.7 Å². The highest BCUT2D eigenvalue weighted by molar-refractivity contribution is 7.10. The second-order valence-electron chi connectivity index (χ2n) is 5.55. The monoisotopic (exact) mass is 328 g/mol. The largest absolute Gasteiger partial charge is 0.379 e. The molecule has 0 unspecified atom stereocenters. The van der Waals surface area contributed by atoms with Crippen LogP contribution < -0.4 is 4.90 Å². The summed E-state index contributed by atoms with van der Waals surface area (Å²) >= 11 is 1.78. The van der Waals surface area contributed by atoms with E-state index in [0.29, 0.717) is 5.56 Å². The Labute approximate surface area is 140 Å². The minimum Gasteiger partial charge on any atom is -0.379 e. The van der Waals surface area contributed by atoms with Gasteiger partial charge >= 0.3 is 0 Å². The number of hydrogen-bond acceptors (Lipinski definition) is 6. The Hall–Kier alpha value is -1.94. The lowest BCUT2D eigenvalue weighted by atomic mass is 10.1. The van der Waals surface area contributed by atoms with E-state index in [4.69, 9.17) is 4.74 Å². The zero-order chi connectivity index (χ0) is 16.1. The molecule has 1 atom stereocenters. The molecule has 2 aromatic heterocycles. The summed E-state index contributed by atoms with van der Waals surface area (Å²) in [6.07, 6.45) is 1.74. The molecule has 5 nitrogen and oxygen atoms in total. The van der Waals surface area contributed by atoms with Crippen LogP contribution in [0, 0.1) is 11.3 Å². The van der Waals surface area contributed by atoms with Gasteiger partial charge in [0.2, 0.25) is 0 Å². The number of likely N-dealkylation sites (N-methyl/N-ethyl adjacent to an activating group) is 1. The van der Waals surface area contributed by atoms with Gasteiger partial charge in [0.25, 0.3) is 0 Å². The number of nitriles is 1. The maximum Gasteiger partial charge on any atom is 0.146 e. The second kappa shape index (κ2) is 7.55. The van der Waals surface area contributed by atoms with Crippen LogP contribution in [0.2, 0.25) is 0 Å². The molecule has 23 heavy (non-hydrogen) atoms. The van der Waals surface area contributed by atoms with Crippen LogP contribution in [0.5, 0.6) is 0 Å². The number of ether oxygens (including phenoxy) is 1. The molecule has 0 spiro atoms. The van der Waals surface area contributed by atoms with Gasteiger partial charge in [-0.2, -0.15) is 5.26 Å². The summed E-state index contributed by atoms with van der Waals surface area (Å²) in [7, 11) is 2.00. The van der Waals surface area contributed by atoms with E-state index in [9.17, 15) is 5.26 Å². The van der Waals surface area contributed by atoms with Crippen LogP contribution in [0.15, 0.2) is 35.8 Å². The molecule has 1 saturated heterocycles. The Kier molecular flexibility index (Phi) is 5.23. The highest BCUT2D eigenvalue weighted by Crippen LogP contribution is 2.28. The Morgan fingerprint density at radius 1 is 1.39 bits per heavy atom. The summed E-state index contributed by atoms with van der Waals surface area (Å²) in [5.74, 6) is 0.741. The van der Waals surface area contributed by atoms with Gasteiger partial charge in [-0.25, -0.2) is 4.98 Å². The highest BCUT2D eigenvalue weighted by Gasteiger charge is 2.25. The third-order valence-corrected chi connectivity index (χ3v) is 5.05. The fraction of sp³-hybridized carbons (Fsp3) is 0.412. The van der Waals surface area contributed by atoms with Crippen LogP contribution in [0.4, 0.5) is 5.82 Å². The molecule has 6 heteroatoms. The number of thiophene rings is 1. The predicted octanol–water partition coefficient (Wildman–Crippen LogP) is 2.52. The van der Waals surface area contributed by atoms with Gasteiger partial charge in [0.15, 0.2) is 0 Å². The number of anilines is 1. The Bertz CT molecular complexity index is 661. The molecule has 0 amide bonds. The lowest BCUT2D eigenvalue weighted by Crippen LogP contribution is -2.43. The van der Waals surface area contributed by atoms with Crippen LogP contribution in [0.25, 0.3) is 0 Å². The molecule has 0 radical (unpaired) electrons. The SMILES string of the molecule is CN(C[C@H](c1cccs1)N1CCOCC1)c1ncccc1C#N. The molecule has 0 N–H and O–H groups in total. The van der Waals surface area contributed by atoms with Crippen molar-refractivity contribution in [3.63, 3.8) is 0 Å². The summed E-state index contributed by atoms with van der Waals surface area (Å²) < 4.78 is 5.49. The average Bonchev–Trinajstić information content (AvgIpc) is 3.14. The standard InChI is InChI=1S/C17H20N4OS/c1-20(17-14(12-18)4-2-6-19-17)13-15(16-5-3-11-23-16)21-7-9-22-10-8-21/h2-6,11,15H,7-10,13H2,1H3/t15-/m1/s1. The molecular formula is C17H20N4OS. The smallest absolute Gasteiger partial charge is 0.146 e. The fourth-order valence-electron chi connectivity index (χ4n) is 2.89. The Balaban J connectivity index is 1.82. The first-order chi connectivity index (χ1) is 11.3. The van der Waals surface area contributed by atoms with E-state index >= 15 is 0 Å². The van der Waals surface area contributed by atoms with Gasteiger partial charge in [-0.15, -0.1) is 11.3 Å². The van der Waals surface area contributed by atoms with Gasteiger partial charge < -0.3 is 9.64 Å². The van der Waals surface area contributed by atoms with Crippen molar-refractivity contribution < 1.29 is 4.74 Å². The van der Waals surface area contributed by atoms with E-state index in [2.05, 4.69) is 38.4 Å². The lowest BCUT2D eigenvalue weighted by Gasteiger charge is -2.36. The van der Waals surface area contributed by atoms with Crippen molar-refractivity contribution in [3.8, 4) is 6.07 Å². The van der Waals surface area contributed by atoms with Gasteiger partial charge in [-0.1, -0.05) is 6.07 Å². The van der Waals surface area contributed by atoms with Crippen molar-refractivity contribution in [1.82, 2.24) is 9.88 Å². The molecular weight excluding hydrogens is 308 g/mol. The highest BCUT2D eigenvalue weighted by atomic mass is 32.1. The number of rotatable bonds is 5. The van der Waals surface area contributed by atoms with Crippen molar-refractivity contribution in [2.75, 3.05) is 44.8 Å². The molecule has 2 aromatic rings. The van der Waals surface area contributed by atoms with Crippen molar-refractivity contribution >= 4 is 17.2 Å². The van der Waals surface area contributed by atoms with Crippen LogP contribution in [-0.2, 0) is 4.74 Å². The van der Waals surface area contributed by atoms with E-state index in [-0.39, 0.29) is 6.04 Å². The molecule has 0 bridgehead atoms. The molecule has 3 heterocycles. The number of aromatic nitrogens is 1. The third kappa shape index (κ3) is 3.70. The fourth-order valence-corrected chi connectivity index (χ4v) is 3.74. The van der Waals surface area contributed by atoms with Gasteiger partial charge in [0.1, 0.15) is 11.9 Å². The molecule has 0 saturated carbocycles. The topological polar surface area (TPSA) is 52.4 Å². The van der Waals surface area contributed by atoms with Crippen LogP contribution in [-0.4, -0.2) is 49.8 Å². The predicted molar refractivity (Wildman–Crippen MR) is 91.7 cm³/mol. The van der Waals surface area contributed by atoms with Gasteiger partial charge in [0, 0.05) is 37.8 Å². The van der Waals surface area contributed by atoms with Crippen molar-refractivity contribution in [1.29, 1.82) is 5.26 Å². The minimum atomic E-state index is 0.289. The number of hydrogen-bond donors (Lipinski definition) is 0. The quantitative estimate of drug-likeness (QED) is 0.844. The maximum atomic E-state index is 9.29. The molecule has 0 aliphatic carbocycles. The third-order valence-electron chi connectivity index (χ3n) is 4.07. The Morgan fingerprint density at radius 2 is 2.22 bits per heavy atom. The summed E-state index contributed by atoms with van der Waals surface area (Å²) in [6, 6.07) is 10.4. The molecule has 1 aliphatic heterocycles. The van der Waals surface area contributed by atoms with E-state index < -0.39 is 0 Å². The minimum absolute atomic E-state index is 0.289. The molecule has 3 rings (SSSR count). The second-order valence-corrected chi connectivity index (χ2v) is 6.53. The molecule has 120 valence electrons. The van der Waals surface area contributed by atoms with Crippen LogP contribution in [0.3, 0.4) is 0 Å². The summed E-state index contributed by atoms with van der Waals surface area (Å²) in [4.78, 5) is 10.3. The van der Waals surface area contributed by atoms with Gasteiger partial charge in [-0.3, -0.25) is 4.90 Å². The molecule has 0 aromatic carbocycles. The van der Waals surface area contributed by atoms with Crippen molar-refractivity contribution in [2.45, 2.75) is 6.04 Å². The number of pyridine rings is 1. The van der Waals surface area contributed by atoms with E-state index in [1.54, 1.807) is 23.6 Å². The summed E-state index contributed by atoms with van der Waals surface area (Å²) in [6.45, 7) is 4.22. The lowest BCUT2D eigenvalue weighted by molar-refractivity contribution is 0.0183. The zero-order valence-corrected chi connectivity index (χ0v) is 14.0. The normalized spacial score (nSPS) is 16.7. The maximum absolute atomic E-state index is 9.29. The van der Waals surface area contributed by atoms with Crippen LogP contribution >= 0.6 is 11.3 Å². The summed E-state index contributed by atoms with van der Waals surface area (Å²) in [5.41, 5.74) is 0.613. The number of nitrogens with zero attached hydrogens (tertiary/aromatic N) is 4.